The van der Waals surface area contributed by atoms with Crippen molar-refractivity contribution >= 4 is 45.4 Å². The first kappa shape index (κ1) is 21.0. The number of para-hydroxylation sites is 1. The van der Waals surface area contributed by atoms with Crippen LogP contribution < -0.4 is 10.9 Å². The highest BCUT2D eigenvalue weighted by atomic mass is 32.2. The van der Waals surface area contributed by atoms with Gasteiger partial charge in [-0.1, -0.05) is 37.2 Å². The number of carbonyl (C=O) groups is 1. The van der Waals surface area contributed by atoms with E-state index in [0.717, 1.165) is 42.1 Å². The van der Waals surface area contributed by atoms with E-state index in [1.54, 1.807) is 6.07 Å². The lowest BCUT2D eigenvalue weighted by atomic mass is 10.2. The summed E-state index contributed by atoms with van der Waals surface area (Å²) in [6.07, 6.45) is 1.65. The van der Waals surface area contributed by atoms with E-state index in [9.17, 15) is 18.4 Å². The van der Waals surface area contributed by atoms with E-state index >= 15 is 0 Å². The lowest BCUT2D eigenvalue weighted by molar-refractivity contribution is -0.113. The highest BCUT2D eigenvalue weighted by Gasteiger charge is 2.18. The molecule has 0 unspecified atom stereocenters. The summed E-state index contributed by atoms with van der Waals surface area (Å²) >= 11 is 1.10. The number of nitrogens with zero attached hydrogens (tertiary/aromatic N) is 2. The number of amides is 1. The SMILES string of the molecule is CCCCn1c(SCC(=O)Nc2ccc(F)c(F)c2)nc2c(oc3ccccc32)c1=O. The molecule has 160 valence electrons. The van der Waals surface area contributed by atoms with Gasteiger partial charge in [-0.25, -0.2) is 13.8 Å². The van der Waals surface area contributed by atoms with Crippen LogP contribution in [0.1, 0.15) is 19.8 Å². The summed E-state index contributed by atoms with van der Waals surface area (Å²) in [5.74, 6) is -2.52. The number of halogens is 2. The number of unbranched alkanes of at least 4 members (excludes halogenated alkanes) is 1. The van der Waals surface area contributed by atoms with Gasteiger partial charge in [0.25, 0.3) is 5.56 Å². The Morgan fingerprint density at radius 3 is 2.77 bits per heavy atom. The topological polar surface area (TPSA) is 77.1 Å². The van der Waals surface area contributed by atoms with E-state index in [0.29, 0.717) is 22.8 Å². The van der Waals surface area contributed by atoms with Crippen LogP contribution in [0.3, 0.4) is 0 Å². The van der Waals surface area contributed by atoms with Gasteiger partial charge in [-0.3, -0.25) is 14.2 Å². The molecule has 0 saturated carbocycles. The molecule has 2 aromatic carbocycles. The molecular formula is C22H19F2N3O3S. The Labute approximate surface area is 180 Å². The molecule has 0 bridgehead atoms. The lowest BCUT2D eigenvalue weighted by Gasteiger charge is -2.11. The number of fused-ring (bicyclic) bond motifs is 3. The maximum atomic E-state index is 13.4. The second kappa shape index (κ2) is 8.89. The molecule has 2 heterocycles. The Hall–Kier alpha value is -3.20. The van der Waals surface area contributed by atoms with Crippen LogP contribution in [0.5, 0.6) is 0 Å². The van der Waals surface area contributed by atoms with Crippen molar-refractivity contribution in [3.8, 4) is 0 Å². The molecule has 6 nitrogen and oxygen atoms in total. The molecule has 0 spiro atoms. The van der Waals surface area contributed by atoms with Gasteiger partial charge in [0.15, 0.2) is 16.8 Å². The Morgan fingerprint density at radius 1 is 1.19 bits per heavy atom. The molecule has 0 aliphatic rings. The summed E-state index contributed by atoms with van der Waals surface area (Å²) in [6.45, 7) is 2.46. The van der Waals surface area contributed by atoms with Crippen LogP contribution in [-0.4, -0.2) is 21.2 Å². The molecule has 1 N–H and O–H groups in total. The Morgan fingerprint density at radius 2 is 2.00 bits per heavy atom. The van der Waals surface area contributed by atoms with Gasteiger partial charge < -0.3 is 9.73 Å². The highest BCUT2D eigenvalue weighted by Crippen LogP contribution is 2.27. The van der Waals surface area contributed by atoms with Gasteiger partial charge in [-0.2, -0.15) is 0 Å². The fraction of sp³-hybridized carbons (Fsp3) is 0.227. The number of hydrogen-bond acceptors (Lipinski definition) is 5. The molecule has 0 fully saturated rings. The summed E-state index contributed by atoms with van der Waals surface area (Å²) < 4.78 is 33.7. The van der Waals surface area contributed by atoms with Crippen LogP contribution in [0.25, 0.3) is 22.1 Å². The second-order valence-corrected chi connectivity index (χ2v) is 7.89. The average molecular weight is 443 g/mol. The van der Waals surface area contributed by atoms with Crippen molar-refractivity contribution in [3.63, 3.8) is 0 Å². The molecule has 0 saturated heterocycles. The number of thioether (sulfide) groups is 1. The van der Waals surface area contributed by atoms with Crippen LogP contribution in [0.4, 0.5) is 14.5 Å². The zero-order valence-electron chi connectivity index (χ0n) is 16.7. The number of anilines is 1. The number of aromatic nitrogens is 2. The summed E-state index contributed by atoms with van der Waals surface area (Å²) in [4.78, 5) is 30.0. The summed E-state index contributed by atoms with van der Waals surface area (Å²) in [5.41, 5.74) is 1.07. The number of benzene rings is 2. The molecule has 0 aliphatic carbocycles. The van der Waals surface area contributed by atoms with Crippen molar-refractivity contribution in [2.75, 3.05) is 11.1 Å². The van der Waals surface area contributed by atoms with Crippen molar-refractivity contribution in [2.45, 2.75) is 31.5 Å². The van der Waals surface area contributed by atoms with Crippen molar-refractivity contribution in [1.82, 2.24) is 9.55 Å². The summed E-state index contributed by atoms with van der Waals surface area (Å²) in [6, 6.07) is 10.4. The first-order valence-corrected chi connectivity index (χ1v) is 10.8. The molecule has 0 atom stereocenters. The third-order valence-electron chi connectivity index (χ3n) is 4.72. The normalized spacial score (nSPS) is 11.3. The third kappa shape index (κ3) is 4.32. The van der Waals surface area contributed by atoms with Crippen molar-refractivity contribution in [2.24, 2.45) is 0 Å². The van der Waals surface area contributed by atoms with E-state index in [2.05, 4.69) is 10.3 Å². The largest absolute Gasteiger partial charge is 0.448 e. The van der Waals surface area contributed by atoms with Gasteiger partial charge in [0, 0.05) is 23.7 Å². The molecule has 9 heteroatoms. The fourth-order valence-electron chi connectivity index (χ4n) is 3.18. The minimum Gasteiger partial charge on any atom is -0.448 e. The zero-order valence-corrected chi connectivity index (χ0v) is 17.5. The smallest absolute Gasteiger partial charge is 0.297 e. The van der Waals surface area contributed by atoms with Gasteiger partial charge >= 0.3 is 0 Å². The predicted molar refractivity (Wildman–Crippen MR) is 116 cm³/mol. The monoisotopic (exact) mass is 443 g/mol. The molecular weight excluding hydrogens is 424 g/mol. The molecule has 31 heavy (non-hydrogen) atoms. The van der Waals surface area contributed by atoms with Crippen molar-refractivity contribution in [1.29, 1.82) is 0 Å². The maximum absolute atomic E-state index is 13.4. The van der Waals surface area contributed by atoms with Crippen LogP contribution in [-0.2, 0) is 11.3 Å². The van der Waals surface area contributed by atoms with Gasteiger partial charge in [0.1, 0.15) is 11.1 Å². The van der Waals surface area contributed by atoms with E-state index in [1.165, 1.54) is 10.6 Å². The minimum atomic E-state index is -1.04. The average Bonchev–Trinajstić information content (AvgIpc) is 3.13. The predicted octanol–water partition coefficient (Wildman–Crippen LogP) is 4.95. The van der Waals surface area contributed by atoms with Gasteiger partial charge in [0.2, 0.25) is 11.5 Å². The summed E-state index contributed by atoms with van der Waals surface area (Å²) in [7, 11) is 0. The molecule has 4 rings (SSSR count). The molecule has 1 amide bonds. The van der Waals surface area contributed by atoms with E-state index < -0.39 is 17.5 Å². The number of hydrogen-bond donors (Lipinski definition) is 1. The first-order valence-electron chi connectivity index (χ1n) is 9.77. The van der Waals surface area contributed by atoms with Crippen LogP contribution in [0, 0.1) is 11.6 Å². The van der Waals surface area contributed by atoms with Crippen LogP contribution >= 0.6 is 11.8 Å². The van der Waals surface area contributed by atoms with Crippen LogP contribution in [0.15, 0.2) is 56.8 Å². The first-order chi connectivity index (χ1) is 15.0. The number of furan rings is 1. The molecule has 4 aromatic rings. The van der Waals surface area contributed by atoms with Gasteiger partial charge in [0.05, 0.1) is 5.75 Å². The van der Waals surface area contributed by atoms with E-state index in [4.69, 9.17) is 4.42 Å². The zero-order chi connectivity index (χ0) is 22.0. The second-order valence-electron chi connectivity index (χ2n) is 6.95. The van der Waals surface area contributed by atoms with Crippen molar-refractivity contribution in [3.05, 3.63) is 64.5 Å². The van der Waals surface area contributed by atoms with Gasteiger partial charge in [-0.15, -0.1) is 0 Å². The molecule has 2 aromatic heterocycles. The van der Waals surface area contributed by atoms with Crippen molar-refractivity contribution < 1.29 is 18.0 Å². The fourth-order valence-corrected chi connectivity index (χ4v) is 4.00. The Balaban J connectivity index is 1.63. The number of carbonyl (C=O) groups excluding carboxylic acids is 1. The highest BCUT2D eigenvalue weighted by molar-refractivity contribution is 7.99. The maximum Gasteiger partial charge on any atom is 0.297 e. The van der Waals surface area contributed by atoms with E-state index in [1.807, 2.05) is 25.1 Å². The summed E-state index contributed by atoms with van der Waals surface area (Å²) in [5, 5.41) is 3.65. The van der Waals surface area contributed by atoms with Crippen LogP contribution in [0.2, 0.25) is 0 Å². The number of nitrogens with one attached hydrogen (secondary N) is 1. The van der Waals surface area contributed by atoms with E-state index in [-0.39, 0.29) is 22.6 Å². The molecule has 0 aliphatic heterocycles. The Kier molecular flexibility index (Phi) is 6.03. The third-order valence-corrected chi connectivity index (χ3v) is 5.69. The standard InChI is InChI=1S/C22H19F2N3O3S/c1-2-3-10-27-21(29)20-19(14-6-4-5-7-17(14)30-20)26-22(27)31-12-18(28)25-13-8-9-15(23)16(24)11-13/h4-9,11H,2-3,10,12H2,1H3,(H,25,28). The number of rotatable bonds is 7. The quantitative estimate of drug-likeness (QED) is 0.323. The molecule has 0 radical (unpaired) electrons. The Bertz CT molecular complexity index is 1330. The minimum absolute atomic E-state index is 0.0567. The van der Waals surface area contributed by atoms with Gasteiger partial charge in [-0.05, 0) is 30.7 Å². The lowest BCUT2D eigenvalue weighted by Crippen LogP contribution is -2.24.